The topological polar surface area (TPSA) is 66.8 Å². The van der Waals surface area contributed by atoms with Crippen LogP contribution in [0.4, 0.5) is 0 Å². The Labute approximate surface area is 127 Å². The number of carbonyl (C=O) groups is 2. The number of amides is 1. The van der Waals surface area contributed by atoms with Crippen molar-refractivity contribution in [2.75, 3.05) is 26.3 Å². The van der Waals surface area contributed by atoms with Gasteiger partial charge in [-0.3, -0.25) is 4.79 Å². The number of hydrogen-bond acceptors (Lipinski definition) is 4. The summed E-state index contributed by atoms with van der Waals surface area (Å²) in [7, 11) is 0. The summed E-state index contributed by atoms with van der Waals surface area (Å²) in [6.07, 6.45) is 3.23. The van der Waals surface area contributed by atoms with E-state index < -0.39 is 5.97 Å². The smallest absolute Gasteiger partial charge is 0.345 e. The molecule has 0 bridgehead atoms. The van der Waals surface area contributed by atoms with E-state index in [0.717, 1.165) is 56.9 Å². The number of rotatable bonds is 3. The van der Waals surface area contributed by atoms with Gasteiger partial charge < -0.3 is 14.7 Å². The molecule has 0 aromatic carbocycles. The lowest BCUT2D eigenvalue weighted by molar-refractivity contribution is 0.0472. The van der Waals surface area contributed by atoms with Crippen LogP contribution in [0.25, 0.3) is 0 Å². The molecule has 1 unspecified atom stereocenters. The number of carboxylic acid groups (broad SMARTS) is 1. The molecule has 3 heterocycles. The Balaban J connectivity index is 1.62. The summed E-state index contributed by atoms with van der Waals surface area (Å²) in [5, 5.41) is 8.93. The molecule has 2 saturated heterocycles. The van der Waals surface area contributed by atoms with E-state index in [9.17, 15) is 9.59 Å². The molecular formula is C15H19NO4S. The highest BCUT2D eigenvalue weighted by Crippen LogP contribution is 2.32. The number of thiophene rings is 1. The zero-order chi connectivity index (χ0) is 14.8. The second kappa shape index (κ2) is 6.15. The van der Waals surface area contributed by atoms with Gasteiger partial charge in [0.2, 0.25) is 0 Å². The zero-order valence-corrected chi connectivity index (χ0v) is 12.6. The summed E-state index contributed by atoms with van der Waals surface area (Å²) in [4.78, 5) is 25.9. The summed E-state index contributed by atoms with van der Waals surface area (Å²) < 4.78 is 5.39. The Hall–Kier alpha value is -1.40. The number of carbonyl (C=O) groups excluding carboxylic acids is 1. The number of likely N-dealkylation sites (tertiary alicyclic amines) is 1. The van der Waals surface area contributed by atoms with E-state index in [-0.39, 0.29) is 10.8 Å². The van der Waals surface area contributed by atoms with Crippen LogP contribution in [-0.2, 0) is 4.74 Å². The average molecular weight is 309 g/mol. The summed E-state index contributed by atoms with van der Waals surface area (Å²) >= 11 is 1.06. The van der Waals surface area contributed by atoms with E-state index in [2.05, 4.69) is 0 Å². The summed E-state index contributed by atoms with van der Waals surface area (Å²) in [6.45, 7) is 3.25. The van der Waals surface area contributed by atoms with Crippen molar-refractivity contribution in [2.45, 2.75) is 19.3 Å². The third-order valence-corrected chi connectivity index (χ3v) is 5.53. The normalized spacial score (nSPS) is 23.4. The highest BCUT2D eigenvalue weighted by atomic mass is 32.1. The van der Waals surface area contributed by atoms with E-state index in [1.165, 1.54) is 6.07 Å². The minimum Gasteiger partial charge on any atom is -0.477 e. The molecule has 1 atom stereocenters. The number of hydrogen-bond donors (Lipinski definition) is 1. The van der Waals surface area contributed by atoms with Crippen molar-refractivity contribution in [1.29, 1.82) is 0 Å². The highest BCUT2D eigenvalue weighted by Gasteiger charge is 2.33. The lowest BCUT2D eigenvalue weighted by Crippen LogP contribution is -2.30. The third-order valence-electron chi connectivity index (χ3n) is 4.47. The van der Waals surface area contributed by atoms with Crippen LogP contribution in [0, 0.1) is 11.8 Å². The van der Waals surface area contributed by atoms with Gasteiger partial charge in [-0.15, -0.1) is 11.3 Å². The van der Waals surface area contributed by atoms with Gasteiger partial charge in [-0.2, -0.15) is 0 Å². The van der Waals surface area contributed by atoms with Gasteiger partial charge in [-0.1, -0.05) is 0 Å². The fraction of sp³-hybridized carbons (Fsp3) is 0.600. The Kier molecular flexibility index (Phi) is 4.26. The van der Waals surface area contributed by atoms with E-state index in [0.29, 0.717) is 16.7 Å². The standard InChI is InChI=1S/C15H19NO4S/c17-14(12-1-2-13(21-12)15(18)19)16-6-3-11(9-16)10-4-7-20-8-5-10/h1-2,10-11H,3-9H2,(H,18,19). The van der Waals surface area contributed by atoms with Gasteiger partial charge in [0.1, 0.15) is 4.88 Å². The maximum Gasteiger partial charge on any atom is 0.345 e. The summed E-state index contributed by atoms with van der Waals surface area (Å²) in [6, 6.07) is 3.13. The van der Waals surface area contributed by atoms with Crippen LogP contribution in [0.2, 0.25) is 0 Å². The van der Waals surface area contributed by atoms with Crippen LogP contribution in [0.15, 0.2) is 12.1 Å². The van der Waals surface area contributed by atoms with Crippen LogP contribution in [0.3, 0.4) is 0 Å². The Morgan fingerprint density at radius 1 is 1.14 bits per heavy atom. The molecule has 3 rings (SSSR count). The number of aromatic carboxylic acids is 1. The van der Waals surface area contributed by atoms with Gasteiger partial charge in [0.25, 0.3) is 5.91 Å². The third kappa shape index (κ3) is 3.11. The first-order valence-corrected chi connectivity index (χ1v) is 8.17. The van der Waals surface area contributed by atoms with Crippen molar-refractivity contribution >= 4 is 23.2 Å². The first-order valence-electron chi connectivity index (χ1n) is 7.35. The van der Waals surface area contributed by atoms with Crippen LogP contribution in [-0.4, -0.2) is 48.2 Å². The molecule has 0 spiro atoms. The van der Waals surface area contributed by atoms with Crippen LogP contribution >= 0.6 is 11.3 Å². The lowest BCUT2D eigenvalue weighted by Gasteiger charge is -2.27. The maximum atomic E-state index is 12.4. The van der Waals surface area contributed by atoms with E-state index in [1.807, 2.05) is 4.90 Å². The lowest BCUT2D eigenvalue weighted by atomic mass is 9.85. The van der Waals surface area contributed by atoms with E-state index in [4.69, 9.17) is 9.84 Å². The molecular weight excluding hydrogens is 290 g/mol. The first-order chi connectivity index (χ1) is 10.1. The molecule has 21 heavy (non-hydrogen) atoms. The molecule has 0 radical (unpaired) electrons. The molecule has 1 aromatic heterocycles. The molecule has 6 heteroatoms. The van der Waals surface area contributed by atoms with Gasteiger partial charge in [-0.05, 0) is 43.2 Å². The minimum absolute atomic E-state index is 0.0259. The van der Waals surface area contributed by atoms with Crippen LogP contribution in [0.5, 0.6) is 0 Å². The number of nitrogens with zero attached hydrogens (tertiary/aromatic N) is 1. The van der Waals surface area contributed by atoms with Crippen molar-refractivity contribution in [2.24, 2.45) is 11.8 Å². The van der Waals surface area contributed by atoms with Crippen molar-refractivity contribution in [1.82, 2.24) is 4.90 Å². The predicted octanol–water partition coefficient (Wildman–Crippen LogP) is 2.33. The molecule has 2 aliphatic rings. The Bertz CT molecular complexity index is 536. The summed E-state index contributed by atoms with van der Waals surface area (Å²) in [5.74, 6) is 0.230. The first kappa shape index (κ1) is 14.5. The number of carboxylic acids is 1. The molecule has 0 saturated carbocycles. The van der Waals surface area contributed by atoms with Gasteiger partial charge in [-0.25, -0.2) is 4.79 Å². The Morgan fingerprint density at radius 2 is 1.86 bits per heavy atom. The zero-order valence-electron chi connectivity index (χ0n) is 11.8. The molecule has 0 aliphatic carbocycles. The fourth-order valence-corrected chi connectivity index (χ4v) is 4.08. The quantitative estimate of drug-likeness (QED) is 0.930. The summed E-state index contributed by atoms with van der Waals surface area (Å²) in [5.41, 5.74) is 0. The molecule has 2 aliphatic heterocycles. The fourth-order valence-electron chi connectivity index (χ4n) is 3.27. The average Bonchev–Trinajstić information content (AvgIpc) is 3.17. The molecule has 2 fully saturated rings. The number of ether oxygens (including phenoxy) is 1. The van der Waals surface area contributed by atoms with Crippen molar-refractivity contribution < 1.29 is 19.4 Å². The van der Waals surface area contributed by atoms with Gasteiger partial charge in [0.15, 0.2) is 0 Å². The monoisotopic (exact) mass is 309 g/mol. The van der Waals surface area contributed by atoms with Crippen molar-refractivity contribution in [3.8, 4) is 0 Å². The maximum absolute atomic E-state index is 12.4. The highest BCUT2D eigenvalue weighted by molar-refractivity contribution is 7.15. The predicted molar refractivity (Wildman–Crippen MR) is 78.8 cm³/mol. The Morgan fingerprint density at radius 3 is 2.52 bits per heavy atom. The SMILES string of the molecule is O=C(O)c1ccc(C(=O)N2CCC(C3CCOCC3)C2)s1. The van der Waals surface area contributed by atoms with Crippen molar-refractivity contribution in [3.63, 3.8) is 0 Å². The van der Waals surface area contributed by atoms with Gasteiger partial charge in [0.05, 0.1) is 4.88 Å². The van der Waals surface area contributed by atoms with Crippen LogP contribution in [0.1, 0.15) is 38.6 Å². The van der Waals surface area contributed by atoms with Crippen molar-refractivity contribution in [3.05, 3.63) is 21.9 Å². The molecule has 114 valence electrons. The minimum atomic E-state index is -0.972. The van der Waals surface area contributed by atoms with E-state index in [1.54, 1.807) is 6.07 Å². The largest absolute Gasteiger partial charge is 0.477 e. The van der Waals surface area contributed by atoms with Gasteiger partial charge >= 0.3 is 5.97 Å². The second-order valence-corrected chi connectivity index (χ2v) is 6.80. The van der Waals surface area contributed by atoms with Gasteiger partial charge in [0, 0.05) is 26.3 Å². The molecule has 1 N–H and O–H groups in total. The van der Waals surface area contributed by atoms with E-state index >= 15 is 0 Å². The second-order valence-electron chi connectivity index (χ2n) is 5.72. The molecule has 1 amide bonds. The molecule has 5 nitrogen and oxygen atoms in total. The molecule has 1 aromatic rings. The van der Waals surface area contributed by atoms with Crippen LogP contribution < -0.4 is 0 Å².